The summed E-state index contributed by atoms with van der Waals surface area (Å²) in [5, 5.41) is 9.45. The molecule has 0 aromatic heterocycles. The van der Waals surface area contributed by atoms with Gasteiger partial charge in [-0.1, -0.05) is 0 Å². The van der Waals surface area contributed by atoms with Crippen LogP contribution in [0.4, 0.5) is 0 Å². The van der Waals surface area contributed by atoms with Gasteiger partial charge >= 0.3 is 0 Å². The maximum atomic E-state index is 9.45. The van der Waals surface area contributed by atoms with Crippen molar-refractivity contribution in [1.82, 2.24) is 4.90 Å². The molecule has 4 heteroatoms. The molecule has 0 amide bonds. The number of likely N-dealkylation sites (tertiary alicyclic amines) is 1. The highest BCUT2D eigenvalue weighted by atomic mass is 16.7. The van der Waals surface area contributed by atoms with Crippen molar-refractivity contribution in [1.29, 1.82) is 5.26 Å². The van der Waals surface area contributed by atoms with Gasteiger partial charge in [0.15, 0.2) is 11.5 Å². The van der Waals surface area contributed by atoms with Gasteiger partial charge in [0.2, 0.25) is 6.79 Å². The van der Waals surface area contributed by atoms with E-state index >= 15 is 0 Å². The fraction of sp³-hybridized carbons (Fsp3) is 0.400. The number of benzene rings is 1. The number of rotatable bonds is 1. The molecule has 19 heavy (non-hydrogen) atoms. The van der Waals surface area contributed by atoms with Crippen LogP contribution in [0.25, 0.3) is 5.57 Å². The summed E-state index contributed by atoms with van der Waals surface area (Å²) in [6.45, 7) is 2.30. The Morgan fingerprint density at radius 1 is 1.21 bits per heavy atom. The van der Waals surface area contributed by atoms with Crippen molar-refractivity contribution < 1.29 is 9.47 Å². The second-order valence-corrected chi connectivity index (χ2v) is 4.96. The molecule has 0 unspecified atom stereocenters. The fourth-order valence-electron chi connectivity index (χ4n) is 2.54. The predicted octanol–water partition coefficient (Wildman–Crippen LogP) is 2.42. The number of piperidine rings is 1. The number of hydrogen-bond acceptors (Lipinski definition) is 4. The van der Waals surface area contributed by atoms with Crippen molar-refractivity contribution in [3.05, 3.63) is 29.3 Å². The zero-order chi connectivity index (χ0) is 13.2. The maximum absolute atomic E-state index is 9.45. The molecule has 3 rings (SSSR count). The molecule has 0 bridgehead atoms. The molecule has 0 radical (unpaired) electrons. The highest BCUT2D eigenvalue weighted by Crippen LogP contribution is 2.36. The normalized spacial score (nSPS) is 18.2. The zero-order valence-corrected chi connectivity index (χ0v) is 11.0. The Bertz CT molecular complexity index is 562. The molecule has 0 saturated carbocycles. The van der Waals surface area contributed by atoms with Gasteiger partial charge in [-0.25, -0.2) is 0 Å². The van der Waals surface area contributed by atoms with Gasteiger partial charge in [-0.3, -0.25) is 0 Å². The van der Waals surface area contributed by atoms with Gasteiger partial charge < -0.3 is 14.4 Å². The van der Waals surface area contributed by atoms with E-state index in [0.29, 0.717) is 0 Å². The average Bonchev–Trinajstić information content (AvgIpc) is 2.89. The van der Waals surface area contributed by atoms with Crippen LogP contribution in [-0.4, -0.2) is 31.8 Å². The van der Waals surface area contributed by atoms with Crippen molar-refractivity contribution in [3.63, 3.8) is 0 Å². The minimum atomic E-state index is 0.266. The second-order valence-electron chi connectivity index (χ2n) is 4.96. The Kier molecular flexibility index (Phi) is 3.14. The number of nitriles is 1. The first kappa shape index (κ1) is 12.1. The molecular weight excluding hydrogens is 240 g/mol. The molecule has 98 valence electrons. The van der Waals surface area contributed by atoms with E-state index in [4.69, 9.17) is 9.47 Å². The lowest BCUT2D eigenvalue weighted by molar-refractivity contribution is 0.174. The van der Waals surface area contributed by atoms with Crippen LogP contribution in [0.3, 0.4) is 0 Å². The first-order valence-electron chi connectivity index (χ1n) is 6.48. The van der Waals surface area contributed by atoms with Crippen LogP contribution in [0, 0.1) is 11.3 Å². The van der Waals surface area contributed by atoms with Gasteiger partial charge in [0.05, 0.1) is 11.6 Å². The van der Waals surface area contributed by atoms with Crippen LogP contribution in [0.15, 0.2) is 23.8 Å². The Labute approximate surface area is 112 Å². The summed E-state index contributed by atoms with van der Waals surface area (Å²) in [6.07, 6.45) is 1.93. The molecule has 4 nitrogen and oxygen atoms in total. The molecule has 1 aromatic rings. The topological polar surface area (TPSA) is 45.5 Å². The molecule has 1 aromatic carbocycles. The molecule has 1 fully saturated rings. The number of fused-ring (bicyclic) bond motifs is 1. The van der Waals surface area contributed by atoms with Gasteiger partial charge in [-0.15, -0.1) is 0 Å². The van der Waals surface area contributed by atoms with Crippen molar-refractivity contribution in [2.45, 2.75) is 12.8 Å². The number of nitrogens with zero attached hydrogens (tertiary/aromatic N) is 2. The Balaban J connectivity index is 1.95. The average molecular weight is 256 g/mol. The minimum Gasteiger partial charge on any atom is -0.454 e. The van der Waals surface area contributed by atoms with Crippen LogP contribution in [0.5, 0.6) is 11.5 Å². The molecule has 0 N–H and O–H groups in total. The highest BCUT2D eigenvalue weighted by Gasteiger charge is 2.18. The fourth-order valence-corrected chi connectivity index (χ4v) is 2.54. The first-order chi connectivity index (χ1) is 9.28. The summed E-state index contributed by atoms with van der Waals surface area (Å²) >= 11 is 0. The van der Waals surface area contributed by atoms with Gasteiger partial charge in [-0.05, 0) is 49.2 Å². The van der Waals surface area contributed by atoms with Crippen LogP contribution in [-0.2, 0) is 0 Å². The summed E-state index contributed by atoms with van der Waals surface area (Å²) in [5.41, 5.74) is 2.98. The van der Waals surface area contributed by atoms with E-state index in [1.807, 2.05) is 18.2 Å². The molecular formula is C15H16N2O2. The van der Waals surface area contributed by atoms with Gasteiger partial charge in [0, 0.05) is 13.1 Å². The Morgan fingerprint density at radius 3 is 2.68 bits per heavy atom. The third-order valence-electron chi connectivity index (χ3n) is 3.72. The summed E-state index contributed by atoms with van der Waals surface area (Å²) in [7, 11) is 2.11. The van der Waals surface area contributed by atoms with Gasteiger partial charge in [0.1, 0.15) is 0 Å². The van der Waals surface area contributed by atoms with Gasteiger partial charge in [-0.2, -0.15) is 5.26 Å². The Hall–Kier alpha value is -1.99. The Morgan fingerprint density at radius 2 is 1.95 bits per heavy atom. The monoisotopic (exact) mass is 256 g/mol. The second kappa shape index (κ2) is 4.94. The summed E-state index contributed by atoms with van der Waals surface area (Å²) in [6, 6.07) is 8.09. The number of allylic oxidation sites excluding steroid dienone is 1. The van der Waals surface area contributed by atoms with Crippen molar-refractivity contribution >= 4 is 5.57 Å². The molecule has 2 heterocycles. The van der Waals surface area contributed by atoms with E-state index in [1.165, 1.54) is 5.57 Å². The largest absolute Gasteiger partial charge is 0.454 e. The molecule has 0 aliphatic carbocycles. The minimum absolute atomic E-state index is 0.266. The standard InChI is InChI=1S/C15H16N2O2/c1-17-6-4-11(5-7-17)13(9-16)12-2-3-14-15(8-12)19-10-18-14/h2-3,8H,4-7,10H2,1H3. The predicted molar refractivity (Wildman–Crippen MR) is 71.8 cm³/mol. The molecule has 2 aliphatic heterocycles. The SMILES string of the molecule is CN1CCC(=C(C#N)c2ccc3c(c2)OCO3)CC1. The van der Waals surface area contributed by atoms with E-state index in [-0.39, 0.29) is 6.79 Å². The lowest BCUT2D eigenvalue weighted by atomic mass is 9.94. The molecule has 2 aliphatic rings. The third-order valence-corrected chi connectivity index (χ3v) is 3.72. The van der Waals surface area contributed by atoms with E-state index in [0.717, 1.165) is 48.6 Å². The summed E-state index contributed by atoms with van der Waals surface area (Å²) < 4.78 is 10.7. The van der Waals surface area contributed by atoms with E-state index in [9.17, 15) is 5.26 Å². The van der Waals surface area contributed by atoms with E-state index < -0.39 is 0 Å². The van der Waals surface area contributed by atoms with Crippen molar-refractivity contribution in [3.8, 4) is 17.6 Å². The lowest BCUT2D eigenvalue weighted by Gasteiger charge is -2.25. The maximum Gasteiger partial charge on any atom is 0.231 e. The van der Waals surface area contributed by atoms with Crippen molar-refractivity contribution in [2.24, 2.45) is 0 Å². The zero-order valence-electron chi connectivity index (χ0n) is 11.0. The molecule has 0 atom stereocenters. The molecule has 0 spiro atoms. The van der Waals surface area contributed by atoms with Crippen molar-refractivity contribution in [2.75, 3.05) is 26.9 Å². The van der Waals surface area contributed by atoms with E-state index in [1.54, 1.807) is 0 Å². The summed E-state index contributed by atoms with van der Waals surface area (Å²) in [4.78, 5) is 2.29. The lowest BCUT2D eigenvalue weighted by Crippen LogP contribution is -2.26. The number of ether oxygens (including phenoxy) is 2. The first-order valence-corrected chi connectivity index (χ1v) is 6.48. The highest BCUT2D eigenvalue weighted by molar-refractivity contribution is 5.80. The van der Waals surface area contributed by atoms with Gasteiger partial charge in [0.25, 0.3) is 0 Å². The van der Waals surface area contributed by atoms with E-state index in [2.05, 4.69) is 18.0 Å². The third kappa shape index (κ3) is 2.29. The number of hydrogen-bond donors (Lipinski definition) is 0. The smallest absolute Gasteiger partial charge is 0.231 e. The quantitative estimate of drug-likeness (QED) is 0.724. The van der Waals surface area contributed by atoms with Crippen LogP contribution >= 0.6 is 0 Å². The van der Waals surface area contributed by atoms with Crippen LogP contribution < -0.4 is 9.47 Å². The molecule has 1 saturated heterocycles. The van der Waals surface area contributed by atoms with Crippen LogP contribution in [0.2, 0.25) is 0 Å². The summed E-state index contributed by atoms with van der Waals surface area (Å²) in [5.74, 6) is 1.49. The van der Waals surface area contributed by atoms with Crippen LogP contribution in [0.1, 0.15) is 18.4 Å².